The van der Waals surface area contributed by atoms with Crippen molar-refractivity contribution in [3.63, 3.8) is 0 Å². The van der Waals surface area contributed by atoms with Gasteiger partial charge in [-0.25, -0.2) is 4.39 Å². The van der Waals surface area contributed by atoms with Crippen LogP contribution in [0.4, 0.5) is 4.39 Å². The van der Waals surface area contributed by atoms with Gasteiger partial charge in [-0.05, 0) is 49.7 Å². The Labute approximate surface area is 124 Å². The number of nitrogens with zero attached hydrogens (tertiary/aromatic N) is 1. The van der Waals surface area contributed by atoms with E-state index in [9.17, 15) is 4.39 Å². The molecule has 4 heteroatoms. The zero-order valence-electron chi connectivity index (χ0n) is 12.2. The van der Waals surface area contributed by atoms with Crippen molar-refractivity contribution in [1.82, 2.24) is 10.2 Å². The van der Waals surface area contributed by atoms with E-state index < -0.39 is 0 Å². The minimum atomic E-state index is -0.140. The normalized spacial score (nSPS) is 12.8. The van der Waals surface area contributed by atoms with Gasteiger partial charge >= 0.3 is 0 Å². The molecule has 0 saturated heterocycles. The molecule has 2 nitrogen and oxygen atoms in total. The van der Waals surface area contributed by atoms with E-state index in [0.29, 0.717) is 11.6 Å². The van der Waals surface area contributed by atoms with Crippen LogP contribution in [0.25, 0.3) is 0 Å². The largest absolute Gasteiger partial charge is 0.311 e. The molecule has 1 unspecified atom stereocenters. The maximum atomic E-state index is 13.2. The third-order valence-corrected chi connectivity index (χ3v) is 4.36. The smallest absolute Gasteiger partial charge is 0.126 e. The van der Waals surface area contributed by atoms with E-state index >= 15 is 0 Å². The number of benzene rings is 1. The van der Waals surface area contributed by atoms with Gasteiger partial charge in [0, 0.05) is 18.0 Å². The van der Waals surface area contributed by atoms with Crippen LogP contribution < -0.4 is 5.32 Å². The molecule has 20 heavy (non-hydrogen) atoms. The number of likely N-dealkylation sites (N-methyl/N-ethyl adjacent to an activating group) is 1. The highest BCUT2D eigenvalue weighted by Crippen LogP contribution is 2.22. The fraction of sp³-hybridized carbons (Fsp3) is 0.375. The summed E-state index contributed by atoms with van der Waals surface area (Å²) in [6, 6.07) is 9.90. The van der Waals surface area contributed by atoms with Crippen molar-refractivity contribution in [2.24, 2.45) is 0 Å². The van der Waals surface area contributed by atoms with Crippen LogP contribution in [-0.2, 0) is 6.54 Å². The molecule has 1 aromatic carbocycles. The van der Waals surface area contributed by atoms with Crippen LogP contribution in [0.5, 0.6) is 0 Å². The van der Waals surface area contributed by atoms with Crippen LogP contribution in [0.2, 0.25) is 0 Å². The fourth-order valence-corrected chi connectivity index (χ4v) is 3.11. The van der Waals surface area contributed by atoms with Crippen molar-refractivity contribution in [3.05, 3.63) is 57.5 Å². The van der Waals surface area contributed by atoms with Crippen molar-refractivity contribution in [2.45, 2.75) is 19.5 Å². The number of thiophene rings is 1. The van der Waals surface area contributed by atoms with Gasteiger partial charge in [-0.15, -0.1) is 11.3 Å². The maximum Gasteiger partial charge on any atom is 0.126 e. The Balaban J connectivity index is 1.92. The molecule has 0 saturated carbocycles. The molecule has 2 aromatic rings. The van der Waals surface area contributed by atoms with Crippen molar-refractivity contribution < 1.29 is 4.39 Å². The molecule has 0 fully saturated rings. The average Bonchev–Trinajstić information content (AvgIpc) is 2.92. The minimum absolute atomic E-state index is 0.140. The van der Waals surface area contributed by atoms with Crippen molar-refractivity contribution in [2.75, 3.05) is 20.6 Å². The first-order valence-electron chi connectivity index (χ1n) is 6.73. The highest BCUT2D eigenvalue weighted by Gasteiger charge is 2.14. The van der Waals surface area contributed by atoms with Gasteiger partial charge in [0.1, 0.15) is 5.82 Å². The lowest BCUT2D eigenvalue weighted by Gasteiger charge is -2.23. The molecule has 0 amide bonds. The quantitative estimate of drug-likeness (QED) is 0.875. The minimum Gasteiger partial charge on any atom is -0.311 e. The van der Waals surface area contributed by atoms with Crippen molar-refractivity contribution in [3.8, 4) is 0 Å². The molecule has 1 aromatic heterocycles. The van der Waals surface area contributed by atoms with E-state index in [2.05, 4.69) is 41.8 Å². The highest BCUT2D eigenvalue weighted by molar-refractivity contribution is 7.10. The molecule has 1 heterocycles. The first kappa shape index (κ1) is 15.2. The zero-order valence-corrected chi connectivity index (χ0v) is 13.0. The highest BCUT2D eigenvalue weighted by atomic mass is 32.1. The van der Waals surface area contributed by atoms with E-state index in [-0.39, 0.29) is 5.82 Å². The second-order valence-electron chi connectivity index (χ2n) is 5.21. The first-order valence-corrected chi connectivity index (χ1v) is 7.61. The van der Waals surface area contributed by atoms with Crippen LogP contribution >= 0.6 is 11.3 Å². The van der Waals surface area contributed by atoms with Gasteiger partial charge < -0.3 is 10.2 Å². The molecule has 2 rings (SSSR count). The number of aryl methyl sites for hydroxylation is 1. The van der Waals surface area contributed by atoms with E-state index in [1.54, 1.807) is 18.3 Å². The molecule has 0 aliphatic heterocycles. The van der Waals surface area contributed by atoms with Gasteiger partial charge in [-0.2, -0.15) is 0 Å². The van der Waals surface area contributed by atoms with Gasteiger partial charge in [0.2, 0.25) is 0 Å². The summed E-state index contributed by atoms with van der Waals surface area (Å²) in [5.74, 6) is -0.140. The Kier molecular flexibility index (Phi) is 5.29. The van der Waals surface area contributed by atoms with E-state index in [1.807, 2.05) is 12.1 Å². The Morgan fingerprint density at radius 2 is 2.10 bits per heavy atom. The van der Waals surface area contributed by atoms with Gasteiger partial charge in [0.25, 0.3) is 0 Å². The average molecular weight is 292 g/mol. The second kappa shape index (κ2) is 6.97. The lowest BCUT2D eigenvalue weighted by molar-refractivity contribution is 0.292. The summed E-state index contributed by atoms with van der Waals surface area (Å²) >= 11 is 1.78. The lowest BCUT2D eigenvalue weighted by Crippen LogP contribution is -2.30. The fourth-order valence-electron chi connectivity index (χ4n) is 2.19. The molecule has 1 atom stereocenters. The molecule has 0 aliphatic carbocycles. The molecule has 0 spiro atoms. The second-order valence-corrected chi connectivity index (χ2v) is 6.19. The van der Waals surface area contributed by atoms with Crippen LogP contribution in [0.1, 0.15) is 22.0 Å². The SMILES string of the molecule is Cc1cc(CNCC(c2cccs2)N(C)C)ccc1F. The van der Waals surface area contributed by atoms with Gasteiger partial charge in [0.15, 0.2) is 0 Å². The standard InChI is InChI=1S/C16H21FN2S/c1-12-9-13(6-7-14(12)17)10-18-11-15(19(2)3)16-5-4-8-20-16/h4-9,15,18H,10-11H2,1-3H3. The van der Waals surface area contributed by atoms with E-state index in [4.69, 9.17) is 0 Å². The topological polar surface area (TPSA) is 15.3 Å². The maximum absolute atomic E-state index is 13.2. The molecular formula is C16H21FN2S. The summed E-state index contributed by atoms with van der Waals surface area (Å²) in [7, 11) is 4.18. The number of rotatable bonds is 6. The van der Waals surface area contributed by atoms with Crippen molar-refractivity contribution >= 4 is 11.3 Å². The molecule has 1 N–H and O–H groups in total. The number of hydrogen-bond acceptors (Lipinski definition) is 3. The Morgan fingerprint density at radius 3 is 2.70 bits per heavy atom. The van der Waals surface area contributed by atoms with Gasteiger partial charge in [-0.1, -0.05) is 18.2 Å². The summed E-state index contributed by atoms with van der Waals surface area (Å²) in [5.41, 5.74) is 1.82. The van der Waals surface area contributed by atoms with Crippen LogP contribution in [0, 0.1) is 12.7 Å². The third-order valence-electron chi connectivity index (χ3n) is 3.38. The molecule has 108 valence electrons. The van der Waals surface area contributed by atoms with Gasteiger partial charge in [-0.3, -0.25) is 0 Å². The van der Waals surface area contributed by atoms with Crippen LogP contribution in [0.3, 0.4) is 0 Å². The Morgan fingerprint density at radius 1 is 1.30 bits per heavy atom. The summed E-state index contributed by atoms with van der Waals surface area (Å²) < 4.78 is 13.2. The number of halogens is 1. The summed E-state index contributed by atoms with van der Waals surface area (Å²) in [5, 5.41) is 5.57. The predicted molar refractivity (Wildman–Crippen MR) is 83.6 cm³/mol. The third kappa shape index (κ3) is 3.88. The molecule has 0 aliphatic rings. The monoisotopic (exact) mass is 292 g/mol. The predicted octanol–water partition coefficient (Wildman–Crippen LogP) is 3.59. The molecular weight excluding hydrogens is 271 g/mol. The Bertz CT molecular complexity index is 537. The molecule has 0 radical (unpaired) electrons. The number of nitrogens with one attached hydrogen (secondary N) is 1. The summed E-state index contributed by atoms with van der Waals surface area (Å²) in [6.07, 6.45) is 0. The Hall–Kier alpha value is -1.23. The summed E-state index contributed by atoms with van der Waals surface area (Å²) in [4.78, 5) is 3.58. The molecule has 0 bridgehead atoms. The number of hydrogen-bond donors (Lipinski definition) is 1. The first-order chi connectivity index (χ1) is 9.58. The van der Waals surface area contributed by atoms with Crippen LogP contribution in [-0.4, -0.2) is 25.5 Å². The van der Waals surface area contributed by atoms with E-state index in [0.717, 1.165) is 18.7 Å². The van der Waals surface area contributed by atoms with Crippen LogP contribution in [0.15, 0.2) is 35.7 Å². The van der Waals surface area contributed by atoms with Crippen molar-refractivity contribution in [1.29, 1.82) is 0 Å². The lowest BCUT2D eigenvalue weighted by atomic mass is 10.1. The zero-order chi connectivity index (χ0) is 14.5. The van der Waals surface area contributed by atoms with Gasteiger partial charge in [0.05, 0.1) is 6.04 Å². The van der Waals surface area contributed by atoms with E-state index in [1.165, 1.54) is 10.9 Å². The summed E-state index contributed by atoms with van der Waals surface area (Å²) in [6.45, 7) is 3.44.